The molecule has 0 aromatic heterocycles. The minimum absolute atomic E-state index is 0.0332. The van der Waals surface area contributed by atoms with E-state index in [4.69, 9.17) is 15.2 Å². The monoisotopic (exact) mass is 308 g/mol. The molecule has 3 N–H and O–H groups in total. The van der Waals surface area contributed by atoms with Crippen molar-refractivity contribution < 1.29 is 14.3 Å². The lowest BCUT2D eigenvalue weighted by molar-refractivity contribution is -0.121. The van der Waals surface area contributed by atoms with Crippen LogP contribution in [-0.2, 0) is 11.2 Å². The summed E-state index contributed by atoms with van der Waals surface area (Å²) in [5, 5.41) is 3.00. The average Bonchev–Trinajstić information content (AvgIpc) is 2.51. The molecule has 5 heteroatoms. The molecule has 1 unspecified atom stereocenters. The van der Waals surface area contributed by atoms with Crippen LogP contribution < -0.4 is 20.5 Å². The third-order valence-corrected chi connectivity index (χ3v) is 3.49. The van der Waals surface area contributed by atoms with Crippen molar-refractivity contribution >= 4 is 5.91 Å². The molecule has 1 atom stereocenters. The number of hydrogen-bond acceptors (Lipinski definition) is 4. The van der Waals surface area contributed by atoms with Crippen LogP contribution in [0.3, 0.4) is 0 Å². The summed E-state index contributed by atoms with van der Waals surface area (Å²) in [7, 11) is 3.21. The molecule has 0 heterocycles. The van der Waals surface area contributed by atoms with E-state index < -0.39 is 0 Å². The van der Waals surface area contributed by atoms with E-state index in [-0.39, 0.29) is 11.9 Å². The summed E-state index contributed by atoms with van der Waals surface area (Å²) in [5.41, 5.74) is 6.74. The van der Waals surface area contributed by atoms with E-state index in [1.807, 2.05) is 18.2 Å². The highest BCUT2D eigenvalue weighted by Crippen LogP contribution is 2.27. The van der Waals surface area contributed by atoms with Gasteiger partial charge in [0, 0.05) is 19.0 Å². The van der Waals surface area contributed by atoms with Crippen molar-refractivity contribution in [2.24, 2.45) is 11.7 Å². The van der Waals surface area contributed by atoms with Crippen molar-refractivity contribution in [3.63, 3.8) is 0 Å². The SMILES string of the molecule is COc1ccc(CCC(=O)NC(CN)CC(C)C)cc1OC. The molecule has 1 amide bonds. The Hall–Kier alpha value is -1.75. The first-order valence-corrected chi connectivity index (χ1v) is 7.70. The lowest BCUT2D eigenvalue weighted by Crippen LogP contribution is -2.41. The van der Waals surface area contributed by atoms with Gasteiger partial charge in [-0.25, -0.2) is 0 Å². The Bertz CT molecular complexity index is 475. The third-order valence-electron chi connectivity index (χ3n) is 3.49. The Balaban J connectivity index is 2.53. The second kappa shape index (κ2) is 9.30. The van der Waals surface area contributed by atoms with E-state index >= 15 is 0 Å². The summed E-state index contributed by atoms with van der Waals surface area (Å²) >= 11 is 0. The van der Waals surface area contributed by atoms with Crippen molar-refractivity contribution in [2.75, 3.05) is 20.8 Å². The predicted octanol–water partition coefficient (Wildman–Crippen LogP) is 2.13. The van der Waals surface area contributed by atoms with Gasteiger partial charge in [0.05, 0.1) is 14.2 Å². The number of nitrogens with one attached hydrogen (secondary N) is 1. The van der Waals surface area contributed by atoms with Gasteiger partial charge < -0.3 is 20.5 Å². The Morgan fingerprint density at radius 3 is 2.45 bits per heavy atom. The highest BCUT2D eigenvalue weighted by Gasteiger charge is 2.13. The van der Waals surface area contributed by atoms with Crippen LogP contribution in [0.25, 0.3) is 0 Å². The minimum atomic E-state index is 0.0332. The first kappa shape index (κ1) is 18.3. The summed E-state index contributed by atoms with van der Waals surface area (Å²) in [6.45, 7) is 4.72. The van der Waals surface area contributed by atoms with Crippen molar-refractivity contribution in [1.82, 2.24) is 5.32 Å². The van der Waals surface area contributed by atoms with Gasteiger partial charge in [-0.15, -0.1) is 0 Å². The van der Waals surface area contributed by atoms with Crippen LogP contribution >= 0.6 is 0 Å². The summed E-state index contributed by atoms with van der Waals surface area (Å²) in [6, 6.07) is 5.76. The molecule has 0 aliphatic rings. The van der Waals surface area contributed by atoms with Gasteiger partial charge in [0.1, 0.15) is 0 Å². The van der Waals surface area contributed by atoms with Gasteiger partial charge in [0.25, 0.3) is 0 Å². The number of methoxy groups -OCH3 is 2. The van der Waals surface area contributed by atoms with Crippen LogP contribution in [0.2, 0.25) is 0 Å². The van der Waals surface area contributed by atoms with E-state index in [1.54, 1.807) is 14.2 Å². The first-order chi connectivity index (χ1) is 10.5. The Kier molecular flexibility index (Phi) is 7.74. The Labute approximate surface area is 133 Å². The Morgan fingerprint density at radius 2 is 1.91 bits per heavy atom. The largest absolute Gasteiger partial charge is 0.493 e. The van der Waals surface area contributed by atoms with Gasteiger partial charge in [0.15, 0.2) is 11.5 Å². The number of amides is 1. The quantitative estimate of drug-likeness (QED) is 0.733. The van der Waals surface area contributed by atoms with Crippen LogP contribution in [0.4, 0.5) is 0 Å². The topological polar surface area (TPSA) is 73.6 Å². The normalized spacial score (nSPS) is 12.1. The maximum Gasteiger partial charge on any atom is 0.220 e. The smallest absolute Gasteiger partial charge is 0.220 e. The van der Waals surface area contributed by atoms with Crippen LogP contribution in [0.15, 0.2) is 18.2 Å². The van der Waals surface area contributed by atoms with Crippen molar-refractivity contribution in [3.05, 3.63) is 23.8 Å². The average molecular weight is 308 g/mol. The van der Waals surface area contributed by atoms with E-state index in [0.717, 1.165) is 12.0 Å². The molecule has 1 aromatic carbocycles. The van der Waals surface area contributed by atoms with Gasteiger partial charge in [-0.05, 0) is 36.5 Å². The van der Waals surface area contributed by atoms with Gasteiger partial charge in [-0.2, -0.15) is 0 Å². The van der Waals surface area contributed by atoms with Crippen LogP contribution in [0, 0.1) is 5.92 Å². The minimum Gasteiger partial charge on any atom is -0.493 e. The van der Waals surface area contributed by atoms with E-state index in [9.17, 15) is 4.79 Å². The predicted molar refractivity (Wildman–Crippen MR) is 88.3 cm³/mol. The summed E-state index contributed by atoms with van der Waals surface area (Å²) < 4.78 is 10.5. The molecule has 0 fully saturated rings. The number of rotatable bonds is 9. The zero-order valence-electron chi connectivity index (χ0n) is 14.0. The number of benzene rings is 1. The lowest BCUT2D eigenvalue weighted by Gasteiger charge is -2.18. The van der Waals surface area contributed by atoms with Crippen molar-refractivity contribution in [2.45, 2.75) is 39.2 Å². The van der Waals surface area contributed by atoms with E-state index in [2.05, 4.69) is 19.2 Å². The molecular formula is C17H28N2O3. The van der Waals surface area contributed by atoms with Gasteiger partial charge >= 0.3 is 0 Å². The number of carbonyl (C=O) groups excluding carboxylic acids is 1. The number of hydrogen-bond donors (Lipinski definition) is 2. The number of aryl methyl sites for hydroxylation is 1. The van der Waals surface area contributed by atoms with Gasteiger partial charge in [-0.3, -0.25) is 4.79 Å². The van der Waals surface area contributed by atoms with E-state index in [0.29, 0.717) is 36.8 Å². The van der Waals surface area contributed by atoms with Crippen molar-refractivity contribution in [3.8, 4) is 11.5 Å². The van der Waals surface area contributed by atoms with E-state index in [1.165, 1.54) is 0 Å². The zero-order chi connectivity index (χ0) is 16.5. The number of carbonyl (C=O) groups is 1. The fourth-order valence-electron chi connectivity index (χ4n) is 2.38. The van der Waals surface area contributed by atoms with Crippen molar-refractivity contribution in [1.29, 1.82) is 0 Å². The second-order valence-electron chi connectivity index (χ2n) is 5.82. The fourth-order valence-corrected chi connectivity index (χ4v) is 2.38. The first-order valence-electron chi connectivity index (χ1n) is 7.70. The molecule has 5 nitrogen and oxygen atoms in total. The molecule has 124 valence electrons. The number of ether oxygens (including phenoxy) is 2. The third kappa shape index (κ3) is 5.93. The fraction of sp³-hybridized carbons (Fsp3) is 0.588. The molecule has 0 aliphatic heterocycles. The molecule has 1 rings (SSSR count). The molecule has 0 radical (unpaired) electrons. The molecule has 0 saturated carbocycles. The summed E-state index contributed by atoms with van der Waals surface area (Å²) in [4.78, 5) is 12.0. The molecule has 0 bridgehead atoms. The molecular weight excluding hydrogens is 280 g/mol. The molecule has 22 heavy (non-hydrogen) atoms. The zero-order valence-corrected chi connectivity index (χ0v) is 14.0. The molecule has 0 saturated heterocycles. The number of nitrogens with two attached hydrogens (primary N) is 1. The van der Waals surface area contributed by atoms with Crippen LogP contribution in [0.1, 0.15) is 32.3 Å². The highest BCUT2D eigenvalue weighted by atomic mass is 16.5. The van der Waals surface area contributed by atoms with Gasteiger partial charge in [-0.1, -0.05) is 19.9 Å². The second-order valence-corrected chi connectivity index (χ2v) is 5.82. The Morgan fingerprint density at radius 1 is 1.23 bits per heavy atom. The van der Waals surface area contributed by atoms with Crippen LogP contribution in [0.5, 0.6) is 11.5 Å². The lowest BCUT2D eigenvalue weighted by atomic mass is 10.0. The van der Waals surface area contributed by atoms with Gasteiger partial charge in [0.2, 0.25) is 5.91 Å². The highest BCUT2D eigenvalue weighted by molar-refractivity contribution is 5.76. The molecule has 0 aliphatic carbocycles. The standard InChI is InChI=1S/C17H28N2O3/c1-12(2)9-14(11-18)19-17(20)8-6-13-5-7-15(21-3)16(10-13)22-4/h5,7,10,12,14H,6,8-9,11,18H2,1-4H3,(H,19,20). The maximum atomic E-state index is 12.0. The van der Waals surface area contributed by atoms with Crippen LogP contribution in [-0.4, -0.2) is 32.7 Å². The maximum absolute atomic E-state index is 12.0. The molecule has 0 spiro atoms. The summed E-state index contributed by atoms with van der Waals surface area (Å²) in [6.07, 6.45) is 1.99. The molecule has 1 aromatic rings. The summed E-state index contributed by atoms with van der Waals surface area (Å²) in [5.74, 6) is 1.92.